The lowest BCUT2D eigenvalue weighted by atomic mass is 10.0. The smallest absolute Gasteiger partial charge is 0.261 e. The van der Waals surface area contributed by atoms with Gasteiger partial charge in [0, 0.05) is 23.1 Å². The molecule has 2 aliphatic rings. The first-order chi connectivity index (χ1) is 21.2. The second-order valence-corrected chi connectivity index (χ2v) is 11.3. The number of benzene rings is 3. The van der Waals surface area contributed by atoms with Crippen LogP contribution in [0.4, 0.5) is 21.5 Å². The van der Waals surface area contributed by atoms with E-state index in [2.05, 4.69) is 17.7 Å². The first-order valence-electron chi connectivity index (χ1n) is 14.8. The number of aromatic nitrogens is 1. The molecule has 0 spiro atoms. The summed E-state index contributed by atoms with van der Waals surface area (Å²) in [6, 6.07) is 14.4. The van der Waals surface area contributed by atoms with Gasteiger partial charge in [-0.05, 0) is 68.4 Å². The monoisotopic (exact) mass is 600 g/mol. The average molecular weight is 601 g/mol. The zero-order chi connectivity index (χ0) is 31.0. The third kappa shape index (κ3) is 5.58. The minimum Gasteiger partial charge on any atom is -0.494 e. The number of carbonyl (C=O) groups excluding carboxylic acids is 2. The van der Waals surface area contributed by atoms with Crippen molar-refractivity contribution in [2.45, 2.75) is 19.9 Å². The lowest BCUT2D eigenvalue weighted by Crippen LogP contribution is -3.12. The van der Waals surface area contributed by atoms with Gasteiger partial charge in [0.25, 0.3) is 11.8 Å². The lowest BCUT2D eigenvalue weighted by molar-refractivity contribution is -0.880. The zero-order valence-electron chi connectivity index (χ0n) is 24.9. The molecule has 3 heterocycles. The number of rotatable bonds is 7. The molecule has 0 unspecified atom stereocenters. The van der Waals surface area contributed by atoms with Crippen molar-refractivity contribution in [2.75, 3.05) is 62.0 Å². The van der Waals surface area contributed by atoms with Crippen molar-refractivity contribution in [1.82, 2.24) is 4.57 Å². The quantitative estimate of drug-likeness (QED) is 0.301. The number of halogens is 1. The number of nitrogens with one attached hydrogen (secondary N) is 3. The van der Waals surface area contributed by atoms with Gasteiger partial charge < -0.3 is 34.5 Å². The Kier molecular flexibility index (Phi) is 7.96. The summed E-state index contributed by atoms with van der Waals surface area (Å²) in [6.07, 6.45) is 1.53. The lowest BCUT2D eigenvalue weighted by Gasteiger charge is -2.35. The third-order valence-corrected chi connectivity index (χ3v) is 8.15. The number of nitrogens with zero attached hydrogens (tertiary/aromatic N) is 2. The molecule has 0 aliphatic carbocycles. The maximum atomic E-state index is 15.6. The van der Waals surface area contributed by atoms with E-state index in [1.807, 2.05) is 23.3 Å². The van der Waals surface area contributed by atoms with Crippen molar-refractivity contribution >= 4 is 39.8 Å². The van der Waals surface area contributed by atoms with Crippen LogP contribution in [0.1, 0.15) is 40.6 Å². The van der Waals surface area contributed by atoms with E-state index in [0.29, 0.717) is 59.3 Å². The van der Waals surface area contributed by atoms with E-state index >= 15 is 4.39 Å². The average Bonchev–Trinajstić information content (AvgIpc) is 3.02. The largest absolute Gasteiger partial charge is 0.494 e. The molecular weight excluding hydrogens is 565 g/mol. The van der Waals surface area contributed by atoms with Gasteiger partial charge in [0.15, 0.2) is 11.6 Å². The predicted octanol–water partition coefficient (Wildman–Crippen LogP) is 3.33. The van der Waals surface area contributed by atoms with Crippen LogP contribution in [-0.4, -0.2) is 62.8 Å². The molecule has 4 aromatic rings. The zero-order valence-corrected chi connectivity index (χ0v) is 24.9. The summed E-state index contributed by atoms with van der Waals surface area (Å²) >= 11 is 0. The molecule has 11 heteroatoms. The fraction of sp³-hybridized carbons (Fsp3) is 0.303. The molecule has 0 bridgehead atoms. The molecule has 1 fully saturated rings. The predicted molar refractivity (Wildman–Crippen MR) is 167 cm³/mol. The van der Waals surface area contributed by atoms with Crippen LogP contribution < -0.4 is 35.3 Å². The highest BCUT2D eigenvalue weighted by Gasteiger charge is 2.31. The van der Waals surface area contributed by atoms with E-state index in [-0.39, 0.29) is 29.5 Å². The molecule has 1 saturated heterocycles. The molecule has 2 aliphatic heterocycles. The van der Waals surface area contributed by atoms with Gasteiger partial charge in [-0.1, -0.05) is 0 Å². The molecular formula is C33H35FN5O5+. The van der Waals surface area contributed by atoms with Crippen LogP contribution in [0.2, 0.25) is 0 Å². The van der Waals surface area contributed by atoms with Crippen molar-refractivity contribution in [3.8, 4) is 11.5 Å². The SMILES string of the molecule is CCOc1ccc(NC(=O)c2ccc(NC(=O)c3cn4c5c(c(N6CC[NH+](C)CC6)c(F)cc5c3=O)OC[C@H]4C)cc2)cc1. The van der Waals surface area contributed by atoms with E-state index in [9.17, 15) is 14.4 Å². The van der Waals surface area contributed by atoms with Crippen molar-refractivity contribution < 1.29 is 28.4 Å². The van der Waals surface area contributed by atoms with E-state index < -0.39 is 17.2 Å². The van der Waals surface area contributed by atoms with Gasteiger partial charge in [-0.15, -0.1) is 0 Å². The molecule has 228 valence electrons. The third-order valence-electron chi connectivity index (χ3n) is 8.15. The number of amides is 2. The van der Waals surface area contributed by atoms with Gasteiger partial charge in [-0.2, -0.15) is 0 Å². The normalized spacial score (nSPS) is 16.4. The van der Waals surface area contributed by atoms with Crippen molar-refractivity contribution in [1.29, 1.82) is 0 Å². The van der Waals surface area contributed by atoms with Crippen LogP contribution in [0.15, 0.2) is 65.6 Å². The Hall–Kier alpha value is -4.90. The number of pyridine rings is 1. The van der Waals surface area contributed by atoms with Gasteiger partial charge in [-0.3, -0.25) is 14.4 Å². The van der Waals surface area contributed by atoms with Crippen LogP contribution in [-0.2, 0) is 0 Å². The molecule has 3 N–H and O–H groups in total. The molecule has 2 amide bonds. The van der Waals surface area contributed by atoms with E-state index in [4.69, 9.17) is 9.47 Å². The number of hydrogen-bond donors (Lipinski definition) is 3. The van der Waals surface area contributed by atoms with Crippen molar-refractivity contribution in [3.63, 3.8) is 0 Å². The van der Waals surface area contributed by atoms with Gasteiger partial charge in [0.2, 0.25) is 5.43 Å². The van der Waals surface area contributed by atoms with E-state index in [0.717, 1.165) is 13.1 Å². The minimum atomic E-state index is -0.626. The van der Waals surface area contributed by atoms with Crippen LogP contribution in [0.25, 0.3) is 10.9 Å². The fourth-order valence-electron chi connectivity index (χ4n) is 5.69. The number of anilines is 3. The molecule has 6 rings (SSSR count). The molecule has 44 heavy (non-hydrogen) atoms. The molecule has 10 nitrogen and oxygen atoms in total. The van der Waals surface area contributed by atoms with Crippen LogP contribution in [0.3, 0.4) is 0 Å². The summed E-state index contributed by atoms with van der Waals surface area (Å²) in [7, 11) is 2.11. The van der Waals surface area contributed by atoms with Gasteiger partial charge >= 0.3 is 0 Å². The minimum absolute atomic E-state index is 0.0986. The number of likely N-dealkylation sites (N-methyl/N-ethyl adjacent to an activating group) is 1. The topological polar surface area (TPSA) is 106 Å². The molecule has 1 aromatic heterocycles. The van der Waals surface area contributed by atoms with Crippen LogP contribution in [0.5, 0.6) is 11.5 Å². The number of piperazine rings is 1. The summed E-state index contributed by atoms with van der Waals surface area (Å²) in [5.74, 6) is -0.419. The Morgan fingerprint density at radius 1 is 1.02 bits per heavy atom. The standard InChI is InChI=1S/C33H34FN5O5/c1-4-43-24-11-9-23(10-12-24)35-32(41)21-5-7-22(8-6-21)36-33(42)26-18-39-20(2)19-44-31-28(39)25(30(26)40)17-27(34)29(31)38-15-13-37(3)14-16-38/h5-12,17-18,20H,4,13-16,19H2,1-3H3,(H,35,41)(H,36,42)/p+1/t20-/m1/s1. The highest BCUT2D eigenvalue weighted by molar-refractivity contribution is 6.08. The van der Waals surface area contributed by atoms with Crippen molar-refractivity contribution in [2.24, 2.45) is 0 Å². The highest BCUT2D eigenvalue weighted by Crippen LogP contribution is 2.41. The Balaban J connectivity index is 1.24. The number of ether oxygens (including phenoxy) is 2. The summed E-state index contributed by atoms with van der Waals surface area (Å²) in [4.78, 5) is 43.0. The van der Waals surface area contributed by atoms with Crippen LogP contribution >= 0.6 is 0 Å². The summed E-state index contributed by atoms with van der Waals surface area (Å²) in [5.41, 5.74) is 1.59. The first kappa shape index (κ1) is 29.2. The van der Waals surface area contributed by atoms with E-state index in [1.165, 1.54) is 17.2 Å². The second-order valence-electron chi connectivity index (χ2n) is 11.3. The molecule has 1 atom stereocenters. The molecule has 3 aromatic carbocycles. The summed E-state index contributed by atoms with van der Waals surface area (Å²) < 4.78 is 28.9. The van der Waals surface area contributed by atoms with Crippen LogP contribution in [0, 0.1) is 5.82 Å². The second kappa shape index (κ2) is 12.0. The van der Waals surface area contributed by atoms with Gasteiger partial charge in [0.1, 0.15) is 23.6 Å². The summed E-state index contributed by atoms with van der Waals surface area (Å²) in [5, 5.41) is 5.67. The Bertz CT molecular complexity index is 1780. The maximum absolute atomic E-state index is 15.6. The Labute approximate surface area is 254 Å². The fourth-order valence-corrected chi connectivity index (χ4v) is 5.69. The maximum Gasteiger partial charge on any atom is 0.261 e. The highest BCUT2D eigenvalue weighted by atomic mass is 19.1. The summed E-state index contributed by atoms with van der Waals surface area (Å²) in [6.45, 7) is 7.74. The number of hydrogen-bond acceptors (Lipinski definition) is 6. The Morgan fingerprint density at radius 2 is 1.66 bits per heavy atom. The molecule has 0 saturated carbocycles. The number of quaternary nitrogens is 1. The first-order valence-corrected chi connectivity index (χ1v) is 14.8. The van der Waals surface area contributed by atoms with Gasteiger partial charge in [-0.25, -0.2) is 4.39 Å². The molecule has 0 radical (unpaired) electrons. The number of carbonyl (C=O) groups is 2. The van der Waals surface area contributed by atoms with E-state index in [1.54, 1.807) is 48.5 Å². The van der Waals surface area contributed by atoms with Gasteiger partial charge in [0.05, 0.1) is 56.8 Å². The van der Waals surface area contributed by atoms with Crippen molar-refractivity contribution in [3.05, 3.63) is 88.0 Å². The Morgan fingerprint density at radius 3 is 2.32 bits per heavy atom.